The van der Waals surface area contributed by atoms with Crippen LogP contribution < -0.4 is 10.6 Å². The minimum absolute atomic E-state index is 0.0566. The van der Waals surface area contributed by atoms with E-state index in [4.69, 9.17) is 14.6 Å². The molecular weight excluding hydrogens is 484 g/mol. The van der Waals surface area contributed by atoms with Gasteiger partial charge in [0.15, 0.2) is 11.6 Å². The molecule has 36 heavy (non-hydrogen) atoms. The van der Waals surface area contributed by atoms with Gasteiger partial charge in [0.05, 0.1) is 35.4 Å². The number of ether oxygens (including phenoxy) is 1. The minimum Gasteiger partial charge on any atom is -0.389 e. The molecule has 182 valence electrons. The number of nitriles is 1. The lowest BCUT2D eigenvalue weighted by molar-refractivity contribution is 0.135. The third-order valence-electron chi connectivity index (χ3n) is 7.51. The Labute approximate surface area is 213 Å². The van der Waals surface area contributed by atoms with E-state index in [-0.39, 0.29) is 56.1 Å². The summed E-state index contributed by atoms with van der Waals surface area (Å²) in [6, 6.07) is 2.01. The Morgan fingerprint density at radius 3 is 2.83 bits per heavy atom. The van der Waals surface area contributed by atoms with Crippen LogP contribution in [-0.4, -0.2) is 53.0 Å². The van der Waals surface area contributed by atoms with Crippen molar-refractivity contribution in [1.29, 1.82) is 5.26 Å². The standard InChI is InChI=1S/C25H21F2N7OS/c1-33-3-2-25(9-33)10-34(11-25)24-31-5-13-14-7-35-8-15(14)17(19(27)20(13)32-24)21-18-12(4-28)23(29)36-22(18)16(26)6-30-21/h5-6H,2-3,7-11,29H2,1H3/i1D3. The lowest BCUT2D eigenvalue weighted by atomic mass is 9.79. The molecule has 0 saturated carbocycles. The number of halogens is 2. The highest BCUT2D eigenvalue weighted by Crippen LogP contribution is 2.46. The minimum atomic E-state index is -2.12. The van der Waals surface area contributed by atoms with Gasteiger partial charge in [-0.15, -0.1) is 11.3 Å². The summed E-state index contributed by atoms with van der Waals surface area (Å²) < 4.78 is 60.0. The largest absolute Gasteiger partial charge is 0.389 e. The average Bonchev–Trinajstić information content (AvgIpc) is 3.61. The van der Waals surface area contributed by atoms with Crippen molar-refractivity contribution in [3.8, 4) is 17.3 Å². The van der Waals surface area contributed by atoms with E-state index >= 15 is 4.39 Å². The van der Waals surface area contributed by atoms with Crippen LogP contribution in [0.25, 0.3) is 32.2 Å². The third kappa shape index (κ3) is 2.92. The number of thiophene rings is 1. The summed E-state index contributed by atoms with van der Waals surface area (Å²) in [5.74, 6) is -0.947. The summed E-state index contributed by atoms with van der Waals surface area (Å²) in [6.07, 6.45) is 3.36. The highest BCUT2D eigenvalue weighted by atomic mass is 32.1. The Kier molecular flexibility index (Phi) is 3.92. The number of hydrogen-bond donors (Lipinski definition) is 1. The fraction of sp³-hybridized carbons (Fsp3) is 0.360. The van der Waals surface area contributed by atoms with Crippen molar-refractivity contribution in [2.45, 2.75) is 19.6 Å². The second-order valence-corrected chi connectivity index (χ2v) is 10.8. The first-order valence-electron chi connectivity index (χ1n) is 12.9. The van der Waals surface area contributed by atoms with Gasteiger partial charge in [-0.25, -0.2) is 18.7 Å². The fourth-order valence-corrected chi connectivity index (χ4v) is 6.71. The first kappa shape index (κ1) is 18.8. The number of likely N-dealkylation sites (tertiary alicyclic amines) is 1. The fourth-order valence-electron chi connectivity index (χ4n) is 5.79. The van der Waals surface area contributed by atoms with Gasteiger partial charge in [0.25, 0.3) is 0 Å². The molecule has 2 fully saturated rings. The van der Waals surface area contributed by atoms with Gasteiger partial charge in [0, 0.05) is 51.7 Å². The van der Waals surface area contributed by atoms with Crippen molar-refractivity contribution in [3.05, 3.63) is 40.7 Å². The number of hydrogen-bond acceptors (Lipinski definition) is 9. The molecule has 1 aromatic carbocycles. The van der Waals surface area contributed by atoms with Crippen LogP contribution in [0.4, 0.5) is 19.7 Å². The molecule has 4 aromatic rings. The lowest BCUT2D eigenvalue weighted by Crippen LogP contribution is -2.58. The molecule has 11 heteroatoms. The number of nitrogens with zero attached hydrogens (tertiary/aromatic N) is 6. The molecule has 2 saturated heterocycles. The average molecular weight is 509 g/mol. The first-order valence-corrected chi connectivity index (χ1v) is 12.3. The number of pyridine rings is 1. The Bertz CT molecular complexity index is 1750. The maximum Gasteiger partial charge on any atom is 0.226 e. The highest BCUT2D eigenvalue weighted by Gasteiger charge is 2.47. The van der Waals surface area contributed by atoms with Crippen LogP contribution >= 0.6 is 11.3 Å². The van der Waals surface area contributed by atoms with Crippen LogP contribution in [0.15, 0.2) is 12.4 Å². The van der Waals surface area contributed by atoms with Crippen LogP contribution in [0, 0.1) is 28.4 Å². The van der Waals surface area contributed by atoms with Crippen molar-refractivity contribution >= 4 is 43.3 Å². The molecule has 3 aliphatic rings. The maximum absolute atomic E-state index is 16.4. The number of nitrogens with two attached hydrogens (primary N) is 1. The summed E-state index contributed by atoms with van der Waals surface area (Å²) >= 11 is 0.925. The molecule has 0 unspecified atom stereocenters. The number of aromatic nitrogens is 3. The van der Waals surface area contributed by atoms with E-state index in [9.17, 15) is 9.65 Å². The zero-order valence-electron chi connectivity index (χ0n) is 21.9. The van der Waals surface area contributed by atoms with Crippen LogP contribution in [0.5, 0.6) is 0 Å². The molecule has 1 spiro atoms. The van der Waals surface area contributed by atoms with Crippen molar-refractivity contribution in [2.75, 3.05) is 43.8 Å². The van der Waals surface area contributed by atoms with Gasteiger partial charge >= 0.3 is 0 Å². The van der Waals surface area contributed by atoms with E-state index in [0.717, 1.165) is 29.5 Å². The summed E-state index contributed by atoms with van der Waals surface area (Å²) in [5, 5.41) is 10.6. The van der Waals surface area contributed by atoms with Gasteiger partial charge in [-0.2, -0.15) is 5.26 Å². The smallest absolute Gasteiger partial charge is 0.226 e. The van der Waals surface area contributed by atoms with Crippen LogP contribution in [-0.2, 0) is 18.0 Å². The number of nitrogen functional groups attached to an aromatic ring is 1. The predicted molar refractivity (Wildman–Crippen MR) is 132 cm³/mol. The van der Waals surface area contributed by atoms with E-state index in [1.54, 1.807) is 6.20 Å². The molecule has 0 bridgehead atoms. The first-order chi connectivity index (χ1) is 18.6. The molecule has 3 aromatic heterocycles. The maximum atomic E-state index is 16.4. The monoisotopic (exact) mass is 508 g/mol. The molecule has 6 heterocycles. The van der Waals surface area contributed by atoms with Crippen molar-refractivity contribution in [2.24, 2.45) is 5.41 Å². The van der Waals surface area contributed by atoms with Gasteiger partial charge in [-0.05, 0) is 31.1 Å². The topological polar surface area (TPSA) is 104 Å². The molecule has 3 aliphatic heterocycles. The van der Waals surface area contributed by atoms with E-state index < -0.39 is 18.6 Å². The van der Waals surface area contributed by atoms with Gasteiger partial charge < -0.3 is 20.3 Å². The normalized spacial score (nSPS) is 20.4. The SMILES string of the molecule is [2H]C([2H])([2H])N1CCC2(CN(c3ncc4c5c(c(-c6ncc(F)c7sc(N)c(C#N)c67)c(F)c4n3)COC5)C2)C1. The molecule has 2 N–H and O–H groups in total. The Morgan fingerprint density at radius 1 is 1.22 bits per heavy atom. The Hall–Kier alpha value is -3.46. The predicted octanol–water partition coefficient (Wildman–Crippen LogP) is 3.81. The van der Waals surface area contributed by atoms with E-state index in [1.165, 1.54) is 4.90 Å². The molecule has 0 amide bonds. The summed E-state index contributed by atoms with van der Waals surface area (Å²) in [7, 11) is 0. The second-order valence-electron chi connectivity index (χ2n) is 9.71. The number of benzene rings is 1. The zero-order chi connectivity index (χ0) is 27.3. The summed E-state index contributed by atoms with van der Waals surface area (Å²) in [5.41, 5.74) is 7.50. The Morgan fingerprint density at radius 2 is 2.06 bits per heavy atom. The number of rotatable bonds is 2. The zero-order valence-corrected chi connectivity index (χ0v) is 19.8. The van der Waals surface area contributed by atoms with Crippen LogP contribution in [0.2, 0.25) is 0 Å². The highest BCUT2D eigenvalue weighted by molar-refractivity contribution is 7.23. The summed E-state index contributed by atoms with van der Waals surface area (Å²) in [4.78, 5) is 16.8. The number of fused-ring (bicyclic) bond motifs is 4. The van der Waals surface area contributed by atoms with Gasteiger partial charge in [-0.1, -0.05) is 0 Å². The lowest BCUT2D eigenvalue weighted by Gasteiger charge is -2.48. The molecule has 0 radical (unpaired) electrons. The quantitative estimate of drug-likeness (QED) is 0.436. The molecule has 0 atom stereocenters. The van der Waals surface area contributed by atoms with E-state index in [2.05, 4.69) is 15.0 Å². The number of anilines is 2. The van der Waals surface area contributed by atoms with Gasteiger partial charge in [0.1, 0.15) is 16.6 Å². The molecule has 7 rings (SSSR count). The van der Waals surface area contributed by atoms with E-state index in [1.807, 2.05) is 11.0 Å². The van der Waals surface area contributed by atoms with Gasteiger partial charge in [-0.3, -0.25) is 4.98 Å². The summed E-state index contributed by atoms with van der Waals surface area (Å²) in [6.45, 7) is 0.347. The Balaban J connectivity index is 1.34. The molecule has 0 aliphatic carbocycles. The van der Waals surface area contributed by atoms with E-state index in [0.29, 0.717) is 43.1 Å². The van der Waals surface area contributed by atoms with Crippen molar-refractivity contribution in [3.63, 3.8) is 0 Å². The van der Waals surface area contributed by atoms with Crippen molar-refractivity contribution < 1.29 is 17.6 Å². The van der Waals surface area contributed by atoms with Crippen LogP contribution in [0.3, 0.4) is 0 Å². The third-order valence-corrected chi connectivity index (χ3v) is 8.53. The van der Waals surface area contributed by atoms with Crippen molar-refractivity contribution in [1.82, 2.24) is 19.9 Å². The molecule has 8 nitrogen and oxygen atoms in total. The molecular formula is C25H21F2N7OS. The van der Waals surface area contributed by atoms with Gasteiger partial charge in [0.2, 0.25) is 5.95 Å². The van der Waals surface area contributed by atoms with Crippen LogP contribution in [0.1, 0.15) is 27.2 Å². The second kappa shape index (κ2) is 7.52.